The van der Waals surface area contributed by atoms with Crippen molar-refractivity contribution in [3.8, 4) is 0 Å². The van der Waals surface area contributed by atoms with E-state index < -0.39 is 63.1 Å². The molecule has 0 fully saturated rings. The second-order valence-corrected chi connectivity index (χ2v) is 6.89. The molecule has 0 radical (unpaired) electrons. The summed E-state index contributed by atoms with van der Waals surface area (Å²) in [6.07, 6.45) is 0.580. The fraction of sp³-hybridized carbons (Fsp3) is 0.450. The Hall–Kier alpha value is -4.03. The molecule has 0 aliphatic carbocycles. The molecule has 1 aliphatic rings. The van der Waals surface area contributed by atoms with E-state index in [2.05, 4.69) is 0 Å². The van der Waals surface area contributed by atoms with Crippen LogP contribution in [0, 0.1) is 10.1 Å². The van der Waals surface area contributed by atoms with E-state index in [-0.39, 0.29) is 24.1 Å². The zero-order chi connectivity index (χ0) is 25.0. The second-order valence-electron chi connectivity index (χ2n) is 6.89. The van der Waals surface area contributed by atoms with E-state index in [0.29, 0.717) is 0 Å². The molecule has 0 bridgehead atoms. The summed E-state index contributed by atoms with van der Waals surface area (Å²) in [6.45, 7) is 2.60. The molecule has 0 saturated carbocycles. The van der Waals surface area contributed by atoms with Gasteiger partial charge in [0.25, 0.3) is 0 Å². The maximum Gasteiger partial charge on any atom is 0.340 e. The molecule has 2 atom stereocenters. The van der Waals surface area contributed by atoms with Crippen molar-refractivity contribution in [1.82, 2.24) is 4.57 Å². The molecule has 2 unspecified atom stereocenters. The number of hydrogen-bond acceptors (Lipinski definition) is 11. The van der Waals surface area contributed by atoms with Gasteiger partial charge in [-0.1, -0.05) is 6.92 Å². The summed E-state index contributed by atoms with van der Waals surface area (Å²) < 4.78 is 19.8. The molecule has 0 aromatic carbocycles. The summed E-state index contributed by atoms with van der Waals surface area (Å²) in [5.74, 6) is -5.08. The van der Waals surface area contributed by atoms with Crippen LogP contribution in [0.3, 0.4) is 0 Å². The third-order valence-electron chi connectivity index (χ3n) is 5.11. The molecule has 178 valence electrons. The smallest absolute Gasteiger partial charge is 0.340 e. The summed E-state index contributed by atoms with van der Waals surface area (Å²) in [5, 5.41) is 12.0. The first-order chi connectivity index (χ1) is 15.5. The number of esters is 4. The second kappa shape index (κ2) is 10.1. The van der Waals surface area contributed by atoms with Crippen molar-refractivity contribution in [2.75, 3.05) is 21.3 Å². The van der Waals surface area contributed by atoms with Crippen molar-refractivity contribution < 1.29 is 43.0 Å². The standard InChI is InChI=1S/C20H22N2O11/c1-6-11(18(25)30-3)13-14(20(27)32-5)15-10(8-33-9(2)23)7-12(19(26)31-4)21(15)17(24)16(13)22(28)29/h8,11-12H,6-7H2,1-5H3/b10-8+. The van der Waals surface area contributed by atoms with E-state index in [1.165, 1.54) is 6.92 Å². The fourth-order valence-corrected chi connectivity index (χ4v) is 3.74. The minimum Gasteiger partial charge on any atom is -0.469 e. The lowest BCUT2D eigenvalue weighted by Crippen LogP contribution is -2.34. The van der Waals surface area contributed by atoms with Crippen molar-refractivity contribution in [2.24, 2.45) is 0 Å². The maximum atomic E-state index is 13.3. The van der Waals surface area contributed by atoms with Crippen LogP contribution in [0.4, 0.5) is 5.69 Å². The van der Waals surface area contributed by atoms with Crippen LogP contribution in [0.1, 0.15) is 60.3 Å². The monoisotopic (exact) mass is 466 g/mol. The average Bonchev–Trinajstić information content (AvgIpc) is 3.16. The van der Waals surface area contributed by atoms with Gasteiger partial charge in [0.15, 0.2) is 0 Å². The Kier molecular flexibility index (Phi) is 7.69. The highest BCUT2D eigenvalue weighted by Gasteiger charge is 2.45. The molecule has 1 aliphatic heterocycles. The Balaban J connectivity index is 3.16. The highest BCUT2D eigenvalue weighted by Crippen LogP contribution is 2.42. The minimum absolute atomic E-state index is 0.0222. The molecular weight excluding hydrogens is 444 g/mol. The average molecular weight is 466 g/mol. The third kappa shape index (κ3) is 4.47. The van der Waals surface area contributed by atoms with Crippen molar-refractivity contribution in [3.63, 3.8) is 0 Å². The number of fused-ring (bicyclic) bond motifs is 1. The normalized spacial score (nSPS) is 16.5. The molecule has 0 spiro atoms. The molecule has 33 heavy (non-hydrogen) atoms. The van der Waals surface area contributed by atoms with Gasteiger partial charge >= 0.3 is 35.1 Å². The highest BCUT2D eigenvalue weighted by molar-refractivity contribution is 6.01. The van der Waals surface area contributed by atoms with Crippen LogP contribution in [-0.4, -0.2) is 54.7 Å². The van der Waals surface area contributed by atoms with Gasteiger partial charge in [-0.05, 0) is 6.42 Å². The number of nitrogens with zero attached hydrogens (tertiary/aromatic N) is 2. The highest BCUT2D eigenvalue weighted by atomic mass is 16.6. The van der Waals surface area contributed by atoms with Gasteiger partial charge < -0.3 is 18.9 Å². The van der Waals surface area contributed by atoms with Crippen molar-refractivity contribution in [3.05, 3.63) is 43.6 Å². The van der Waals surface area contributed by atoms with Crippen LogP contribution >= 0.6 is 0 Å². The van der Waals surface area contributed by atoms with E-state index in [4.69, 9.17) is 18.9 Å². The van der Waals surface area contributed by atoms with Gasteiger partial charge in [-0.25, -0.2) is 9.59 Å². The first-order valence-corrected chi connectivity index (χ1v) is 9.62. The van der Waals surface area contributed by atoms with Gasteiger partial charge in [0.2, 0.25) is 0 Å². The molecule has 13 nitrogen and oxygen atoms in total. The number of allylic oxidation sites excluding steroid dienone is 1. The molecule has 0 amide bonds. The number of carbonyl (C=O) groups excluding carboxylic acids is 4. The topological polar surface area (TPSA) is 170 Å². The summed E-state index contributed by atoms with van der Waals surface area (Å²) >= 11 is 0. The summed E-state index contributed by atoms with van der Waals surface area (Å²) in [7, 11) is 3.10. The van der Waals surface area contributed by atoms with Crippen molar-refractivity contribution in [1.29, 1.82) is 0 Å². The SMILES string of the molecule is CCC(C(=O)OC)c1c(C(=O)OC)c2n(c(=O)c1[N+](=O)[O-])C(C(=O)OC)C/C2=C\OC(C)=O. The zero-order valence-electron chi connectivity index (χ0n) is 18.5. The van der Waals surface area contributed by atoms with Gasteiger partial charge in [-0.2, -0.15) is 0 Å². The van der Waals surface area contributed by atoms with Crippen LogP contribution in [0.25, 0.3) is 5.57 Å². The molecule has 1 aromatic rings. The van der Waals surface area contributed by atoms with E-state index in [0.717, 1.165) is 39.1 Å². The van der Waals surface area contributed by atoms with Gasteiger partial charge in [0.1, 0.15) is 6.04 Å². The van der Waals surface area contributed by atoms with E-state index in [1.54, 1.807) is 0 Å². The Labute approximate surface area is 187 Å². The Morgan fingerprint density at radius 2 is 1.82 bits per heavy atom. The van der Waals surface area contributed by atoms with Crippen molar-refractivity contribution >= 4 is 35.1 Å². The van der Waals surface area contributed by atoms with E-state index in [9.17, 15) is 34.1 Å². The van der Waals surface area contributed by atoms with Crippen molar-refractivity contribution in [2.45, 2.75) is 38.6 Å². The molecule has 2 rings (SSSR count). The van der Waals surface area contributed by atoms with Crippen LogP contribution in [-0.2, 0) is 33.3 Å². The Morgan fingerprint density at radius 3 is 2.27 bits per heavy atom. The number of aromatic nitrogens is 1. The molecule has 1 aromatic heterocycles. The number of pyridine rings is 1. The maximum absolute atomic E-state index is 13.3. The number of hydrogen-bond donors (Lipinski definition) is 0. The van der Waals surface area contributed by atoms with Gasteiger partial charge in [0, 0.05) is 18.9 Å². The van der Waals surface area contributed by atoms with Gasteiger partial charge in [-0.3, -0.25) is 29.1 Å². The number of methoxy groups -OCH3 is 3. The lowest BCUT2D eigenvalue weighted by molar-refractivity contribution is -0.387. The van der Waals surface area contributed by atoms with E-state index >= 15 is 0 Å². The minimum atomic E-state index is -1.39. The summed E-state index contributed by atoms with van der Waals surface area (Å²) in [5.41, 5.74) is -3.58. The first-order valence-electron chi connectivity index (χ1n) is 9.62. The van der Waals surface area contributed by atoms with Gasteiger partial charge in [-0.15, -0.1) is 0 Å². The third-order valence-corrected chi connectivity index (χ3v) is 5.11. The number of rotatable bonds is 7. The molecule has 2 heterocycles. The number of carbonyl (C=O) groups is 4. The zero-order valence-corrected chi connectivity index (χ0v) is 18.5. The van der Waals surface area contributed by atoms with E-state index in [1.807, 2.05) is 0 Å². The molecule has 13 heteroatoms. The van der Waals surface area contributed by atoms with Crippen LogP contribution in [0.2, 0.25) is 0 Å². The van der Waals surface area contributed by atoms with Gasteiger partial charge in [0.05, 0.1) is 55.3 Å². The Bertz CT molecular complexity index is 1120. The number of ether oxygens (including phenoxy) is 4. The van der Waals surface area contributed by atoms with Crippen LogP contribution < -0.4 is 5.56 Å². The predicted molar refractivity (Wildman–Crippen MR) is 109 cm³/mol. The fourth-order valence-electron chi connectivity index (χ4n) is 3.74. The first kappa shape index (κ1) is 25.2. The predicted octanol–water partition coefficient (Wildman–Crippen LogP) is 1.23. The van der Waals surface area contributed by atoms with Crippen LogP contribution in [0.15, 0.2) is 11.1 Å². The Morgan fingerprint density at radius 1 is 1.18 bits per heavy atom. The quantitative estimate of drug-likeness (QED) is 0.186. The molecular formula is C20H22N2O11. The van der Waals surface area contributed by atoms with Crippen LogP contribution in [0.5, 0.6) is 0 Å². The lowest BCUT2D eigenvalue weighted by atomic mass is 9.89. The number of nitro groups is 1. The summed E-state index contributed by atoms with van der Waals surface area (Å²) in [6, 6.07) is -1.39. The molecule has 0 saturated heterocycles. The lowest BCUT2D eigenvalue weighted by Gasteiger charge is -2.20. The largest absolute Gasteiger partial charge is 0.469 e. The molecule has 0 N–H and O–H groups in total. The summed E-state index contributed by atoms with van der Waals surface area (Å²) in [4.78, 5) is 73.3.